The van der Waals surface area contributed by atoms with Crippen molar-refractivity contribution in [1.29, 1.82) is 0 Å². The highest BCUT2D eigenvalue weighted by Crippen LogP contribution is 2.31. The fourth-order valence-corrected chi connectivity index (χ4v) is 6.15. The van der Waals surface area contributed by atoms with Gasteiger partial charge in [0.25, 0.3) is 11.8 Å². The topological polar surface area (TPSA) is 101 Å². The van der Waals surface area contributed by atoms with Gasteiger partial charge in [-0.05, 0) is 42.3 Å². The summed E-state index contributed by atoms with van der Waals surface area (Å²) in [6, 6.07) is 22.4. The molecule has 1 aromatic heterocycles. The van der Waals surface area contributed by atoms with Crippen LogP contribution in [0.1, 0.15) is 26.3 Å². The number of nitrogens with one attached hydrogen (secondary N) is 2. The number of hydrogen-bond donors (Lipinski definition) is 2. The van der Waals surface area contributed by atoms with Gasteiger partial charge in [0.05, 0.1) is 40.3 Å². The summed E-state index contributed by atoms with van der Waals surface area (Å²) in [5, 5.41) is 5.87. The molecule has 2 N–H and O–H groups in total. The van der Waals surface area contributed by atoms with Crippen molar-refractivity contribution < 1.29 is 19.1 Å². The molecule has 4 aromatic rings. The maximum Gasteiger partial charge on any atom is 0.256 e. The first-order chi connectivity index (χ1) is 19.1. The standard InChI is InChI=1S/C29H28N4O4S2/c34-26(30-13-12-20-6-2-1-3-7-20)19-38-29-32-24-11-10-21(18-25(24)39-29)31-27(35)22-8-4-5-9-23(22)28(36)33-14-16-37-17-15-33/h1-11,18H,12-17,19H2,(H,30,34)(H,31,35). The van der Waals surface area contributed by atoms with E-state index >= 15 is 0 Å². The number of anilines is 1. The number of nitrogens with zero attached hydrogens (tertiary/aromatic N) is 2. The number of ether oxygens (including phenoxy) is 1. The molecule has 0 radical (unpaired) electrons. The molecule has 3 aromatic carbocycles. The molecule has 0 saturated carbocycles. The highest BCUT2D eigenvalue weighted by molar-refractivity contribution is 8.01. The van der Waals surface area contributed by atoms with E-state index in [9.17, 15) is 14.4 Å². The zero-order chi connectivity index (χ0) is 27.0. The summed E-state index contributed by atoms with van der Waals surface area (Å²) < 4.78 is 7.02. The van der Waals surface area contributed by atoms with Crippen LogP contribution < -0.4 is 10.6 Å². The highest BCUT2D eigenvalue weighted by atomic mass is 32.2. The molecule has 2 heterocycles. The van der Waals surface area contributed by atoms with Gasteiger partial charge in [-0.1, -0.05) is 54.2 Å². The number of fused-ring (bicyclic) bond motifs is 1. The van der Waals surface area contributed by atoms with Crippen molar-refractivity contribution >= 4 is 56.7 Å². The lowest BCUT2D eigenvalue weighted by atomic mass is 10.0. The van der Waals surface area contributed by atoms with Crippen LogP contribution in [-0.2, 0) is 16.0 Å². The molecule has 1 saturated heterocycles. The van der Waals surface area contributed by atoms with Crippen LogP contribution in [0.3, 0.4) is 0 Å². The average molecular weight is 561 g/mol. The van der Waals surface area contributed by atoms with Crippen LogP contribution in [0.2, 0.25) is 0 Å². The van der Waals surface area contributed by atoms with Gasteiger partial charge in [-0.15, -0.1) is 11.3 Å². The molecular weight excluding hydrogens is 532 g/mol. The molecule has 39 heavy (non-hydrogen) atoms. The van der Waals surface area contributed by atoms with Gasteiger partial charge in [-0.25, -0.2) is 4.98 Å². The van der Waals surface area contributed by atoms with Gasteiger partial charge in [-0.3, -0.25) is 14.4 Å². The minimum Gasteiger partial charge on any atom is -0.378 e. The Morgan fingerprint density at radius 1 is 0.949 bits per heavy atom. The number of morpholine rings is 1. The minimum absolute atomic E-state index is 0.0339. The predicted molar refractivity (Wildman–Crippen MR) is 155 cm³/mol. The fraction of sp³-hybridized carbons (Fsp3) is 0.241. The quantitative estimate of drug-likeness (QED) is 0.293. The summed E-state index contributed by atoms with van der Waals surface area (Å²) in [7, 11) is 0. The van der Waals surface area contributed by atoms with E-state index < -0.39 is 0 Å². The van der Waals surface area contributed by atoms with Crippen molar-refractivity contribution in [3.05, 3.63) is 89.5 Å². The molecule has 3 amide bonds. The molecule has 0 bridgehead atoms. The summed E-state index contributed by atoms with van der Waals surface area (Å²) in [6.45, 7) is 2.59. The minimum atomic E-state index is -0.349. The number of thioether (sulfide) groups is 1. The zero-order valence-corrected chi connectivity index (χ0v) is 22.9. The molecule has 0 spiro atoms. The smallest absolute Gasteiger partial charge is 0.256 e. The Balaban J connectivity index is 1.18. The van der Waals surface area contributed by atoms with Gasteiger partial charge < -0.3 is 20.3 Å². The molecule has 0 aliphatic carbocycles. The third kappa shape index (κ3) is 7.03. The summed E-state index contributed by atoms with van der Waals surface area (Å²) in [6.07, 6.45) is 0.790. The van der Waals surface area contributed by atoms with E-state index in [0.717, 1.165) is 21.0 Å². The van der Waals surface area contributed by atoms with E-state index in [-0.39, 0.29) is 23.5 Å². The van der Waals surface area contributed by atoms with Crippen molar-refractivity contribution in [2.24, 2.45) is 0 Å². The number of amides is 3. The van der Waals surface area contributed by atoms with Crippen LogP contribution in [0.4, 0.5) is 5.69 Å². The molecule has 1 aliphatic heterocycles. The highest BCUT2D eigenvalue weighted by Gasteiger charge is 2.23. The van der Waals surface area contributed by atoms with Crippen LogP contribution >= 0.6 is 23.1 Å². The number of aromatic nitrogens is 1. The van der Waals surface area contributed by atoms with Gasteiger partial charge in [0, 0.05) is 25.3 Å². The van der Waals surface area contributed by atoms with E-state index in [1.807, 2.05) is 42.5 Å². The maximum atomic E-state index is 13.2. The lowest BCUT2D eigenvalue weighted by molar-refractivity contribution is -0.118. The molecule has 1 fully saturated rings. The summed E-state index contributed by atoms with van der Waals surface area (Å²) in [5.74, 6) is -0.273. The lowest BCUT2D eigenvalue weighted by Crippen LogP contribution is -2.41. The Morgan fingerprint density at radius 3 is 2.49 bits per heavy atom. The predicted octanol–water partition coefficient (Wildman–Crippen LogP) is 4.47. The van der Waals surface area contributed by atoms with Crippen molar-refractivity contribution in [1.82, 2.24) is 15.2 Å². The molecule has 0 unspecified atom stereocenters. The van der Waals surface area contributed by atoms with Crippen LogP contribution in [-0.4, -0.2) is 66.2 Å². The molecule has 5 rings (SSSR count). The summed E-state index contributed by atoms with van der Waals surface area (Å²) in [4.78, 5) is 44.8. The van der Waals surface area contributed by atoms with Gasteiger partial charge in [0.15, 0.2) is 4.34 Å². The molecule has 10 heteroatoms. The number of rotatable bonds is 9. The van der Waals surface area contributed by atoms with E-state index in [1.165, 1.54) is 28.7 Å². The van der Waals surface area contributed by atoms with Gasteiger partial charge in [0.2, 0.25) is 5.91 Å². The number of benzene rings is 3. The van der Waals surface area contributed by atoms with Crippen molar-refractivity contribution in [3.63, 3.8) is 0 Å². The van der Waals surface area contributed by atoms with E-state index in [2.05, 4.69) is 15.6 Å². The second kappa shape index (κ2) is 12.9. The number of carbonyl (C=O) groups excluding carboxylic acids is 3. The molecular formula is C29H28N4O4S2. The van der Waals surface area contributed by atoms with Crippen LogP contribution in [0, 0.1) is 0 Å². The number of carbonyl (C=O) groups is 3. The lowest BCUT2D eigenvalue weighted by Gasteiger charge is -2.27. The average Bonchev–Trinajstić information content (AvgIpc) is 3.39. The summed E-state index contributed by atoms with van der Waals surface area (Å²) >= 11 is 2.86. The van der Waals surface area contributed by atoms with Crippen LogP contribution in [0.5, 0.6) is 0 Å². The Labute approximate surface area is 234 Å². The van der Waals surface area contributed by atoms with Crippen LogP contribution in [0.25, 0.3) is 10.2 Å². The Morgan fingerprint density at radius 2 is 1.69 bits per heavy atom. The fourth-order valence-electron chi connectivity index (χ4n) is 4.22. The zero-order valence-electron chi connectivity index (χ0n) is 21.2. The SMILES string of the molecule is O=C(CSc1nc2ccc(NC(=O)c3ccccc3C(=O)N3CCOCC3)cc2s1)NCCc1ccccc1. The van der Waals surface area contributed by atoms with Crippen LogP contribution in [0.15, 0.2) is 77.1 Å². The first kappa shape index (κ1) is 26.9. The third-order valence-electron chi connectivity index (χ3n) is 6.23. The van der Waals surface area contributed by atoms with Crippen molar-refractivity contribution in [2.75, 3.05) is 43.9 Å². The van der Waals surface area contributed by atoms with Crippen molar-refractivity contribution in [2.45, 2.75) is 10.8 Å². The molecule has 200 valence electrons. The van der Waals surface area contributed by atoms with E-state index in [1.54, 1.807) is 35.2 Å². The van der Waals surface area contributed by atoms with Gasteiger partial charge in [0.1, 0.15) is 0 Å². The molecule has 8 nitrogen and oxygen atoms in total. The van der Waals surface area contributed by atoms with Gasteiger partial charge in [-0.2, -0.15) is 0 Å². The molecule has 0 atom stereocenters. The van der Waals surface area contributed by atoms with Crippen molar-refractivity contribution in [3.8, 4) is 0 Å². The monoisotopic (exact) mass is 560 g/mol. The number of thiazole rings is 1. The largest absolute Gasteiger partial charge is 0.378 e. The second-order valence-electron chi connectivity index (χ2n) is 8.94. The van der Waals surface area contributed by atoms with E-state index in [0.29, 0.717) is 49.7 Å². The number of hydrogen-bond acceptors (Lipinski definition) is 7. The second-order valence-corrected chi connectivity index (χ2v) is 11.2. The van der Waals surface area contributed by atoms with E-state index in [4.69, 9.17) is 4.74 Å². The summed E-state index contributed by atoms with van der Waals surface area (Å²) in [5.41, 5.74) is 3.30. The van der Waals surface area contributed by atoms with Gasteiger partial charge >= 0.3 is 0 Å². The Bertz CT molecular complexity index is 1470. The Kier molecular flexibility index (Phi) is 8.87. The maximum absolute atomic E-state index is 13.2. The first-order valence-corrected chi connectivity index (χ1v) is 14.5. The first-order valence-electron chi connectivity index (χ1n) is 12.7. The third-order valence-corrected chi connectivity index (χ3v) is 8.39. The Hall–Kier alpha value is -3.73. The normalized spacial score (nSPS) is 13.3. The molecule has 1 aliphatic rings.